The molecule has 0 radical (unpaired) electrons. The first-order valence-electron chi connectivity index (χ1n) is 26.8. The lowest BCUT2D eigenvalue weighted by atomic mass is 9.79. The van der Waals surface area contributed by atoms with E-state index < -0.39 is 90.2 Å². The van der Waals surface area contributed by atoms with Crippen molar-refractivity contribution in [2.75, 3.05) is 29.5 Å². The van der Waals surface area contributed by atoms with Gasteiger partial charge in [0.2, 0.25) is 5.69 Å². The largest absolute Gasteiger partial charge is 1.00 e. The highest BCUT2D eigenvalue weighted by atomic mass is 35.5. The smallest absolute Gasteiger partial charge is 0.420 e. The predicted molar refractivity (Wildman–Crippen MR) is 308 cm³/mol. The second-order valence-corrected chi connectivity index (χ2v) is 24.7. The lowest BCUT2D eigenvalue weighted by Crippen LogP contribution is -3.00. The van der Waals surface area contributed by atoms with Crippen LogP contribution in [0.5, 0.6) is 11.5 Å². The standard InChI is InChI=1S/C63H63F6N2O10S2.ClH/c1-42(72)78-48-32-26-46(27-33-48)58(62(64,65)66)80-82(74,75)40-18-16-38-70-52-36-30-44-20-12-14-22-50(44)56(52)60(3,4)54(70)24-10-8-7-9-11-25-55-61(5,6)57-51-23-15-13-21-45(51)31-37-53(57)71(55)39-17-19-41-83(76,77)81-59(63(67,68)69)47-28-34-49(35-29-47)79-43(2)73;/h7-15,20-37,58-59H,16-19,38-41H2,1-6H3;1H/q+1;/p-1. The van der Waals surface area contributed by atoms with Gasteiger partial charge in [-0.15, -0.1) is 0 Å². The van der Waals surface area contributed by atoms with Gasteiger partial charge in [0.05, 0.1) is 16.9 Å². The van der Waals surface area contributed by atoms with Gasteiger partial charge in [-0.1, -0.05) is 123 Å². The molecule has 0 saturated heterocycles. The van der Waals surface area contributed by atoms with Crippen molar-refractivity contribution in [1.82, 2.24) is 0 Å². The summed E-state index contributed by atoms with van der Waals surface area (Å²) in [4.78, 5) is 24.7. The van der Waals surface area contributed by atoms with Crippen LogP contribution >= 0.6 is 0 Å². The molecule has 0 saturated carbocycles. The monoisotopic (exact) mass is 1220 g/mol. The normalized spacial score (nSPS) is 16.4. The van der Waals surface area contributed by atoms with Crippen LogP contribution in [0, 0.1) is 0 Å². The Hall–Kier alpha value is -7.10. The third kappa shape index (κ3) is 15.0. The number of rotatable bonds is 22. The third-order valence-electron chi connectivity index (χ3n) is 14.5. The van der Waals surface area contributed by atoms with E-state index in [4.69, 9.17) is 17.8 Å². The summed E-state index contributed by atoms with van der Waals surface area (Å²) in [6.07, 6.45) is -1.77. The zero-order chi connectivity index (χ0) is 60.1. The van der Waals surface area contributed by atoms with E-state index in [1.807, 2.05) is 115 Å². The molecule has 0 spiro atoms. The highest BCUT2D eigenvalue weighted by molar-refractivity contribution is 7.86. The van der Waals surface area contributed by atoms with Gasteiger partial charge >= 0.3 is 24.3 Å². The summed E-state index contributed by atoms with van der Waals surface area (Å²) in [5.74, 6) is -2.70. The van der Waals surface area contributed by atoms with Crippen molar-refractivity contribution in [3.8, 4) is 11.5 Å². The number of hydrogen-bond donors (Lipinski definition) is 0. The number of alkyl halides is 6. The Morgan fingerprint density at radius 1 is 0.571 bits per heavy atom. The first kappa shape index (κ1) is 64.5. The van der Waals surface area contributed by atoms with Gasteiger partial charge in [-0.05, 0) is 114 Å². The Balaban J connectivity index is 0.0000101. The topological polar surface area (TPSA) is 146 Å². The van der Waals surface area contributed by atoms with Gasteiger partial charge in [0.15, 0.2) is 17.9 Å². The lowest BCUT2D eigenvalue weighted by molar-refractivity contribution is -0.438. The molecule has 2 aliphatic rings. The maximum Gasteiger partial charge on any atom is 0.420 e. The lowest BCUT2D eigenvalue weighted by Gasteiger charge is -2.27. The molecule has 84 heavy (non-hydrogen) atoms. The predicted octanol–water partition coefficient (Wildman–Crippen LogP) is 11.4. The minimum atomic E-state index is -5.07. The molecule has 0 aromatic heterocycles. The number of carbonyl (C=O) groups excluding carboxylic acids is 2. The summed E-state index contributed by atoms with van der Waals surface area (Å²) in [5, 5.41) is 4.15. The quantitative estimate of drug-likeness (QED) is 0.0122. The van der Waals surface area contributed by atoms with Crippen LogP contribution < -0.4 is 26.8 Å². The van der Waals surface area contributed by atoms with Crippen molar-refractivity contribution in [2.45, 2.75) is 103 Å². The number of hydrogen-bond acceptors (Lipinski definition) is 11. The number of carbonyl (C=O) groups is 2. The fourth-order valence-corrected chi connectivity index (χ4v) is 13.2. The Morgan fingerprint density at radius 3 is 1.55 bits per heavy atom. The van der Waals surface area contributed by atoms with Crippen LogP contribution in [0.25, 0.3) is 21.5 Å². The molecular formula is C63H63ClF6N2O10S2. The van der Waals surface area contributed by atoms with E-state index in [0.717, 1.165) is 118 Å². The average Bonchev–Trinajstić information content (AvgIpc) is 1.65. The summed E-state index contributed by atoms with van der Waals surface area (Å²) in [6.45, 7) is 11.4. The average molecular weight is 1220 g/mol. The van der Waals surface area contributed by atoms with E-state index in [0.29, 0.717) is 13.1 Å². The van der Waals surface area contributed by atoms with E-state index >= 15 is 0 Å². The molecule has 0 bridgehead atoms. The van der Waals surface area contributed by atoms with Gasteiger partial charge in [-0.2, -0.15) is 47.8 Å². The van der Waals surface area contributed by atoms with Crippen LogP contribution in [-0.2, 0) is 49.0 Å². The SMILES string of the molecule is CC(=O)Oc1ccc(C(OS(=O)(=O)CCCCN2\C(=C/C=C/C=C/C=C/C3=[N+](CCCCS(=O)(=O)OC(c4ccc(OC(C)=O)cc4)C(F)(F)F)c4ccc5ccccc5c4C3(C)C)C(C)(C)c3c2ccc2ccccc32)C(F)(F)F)cc1.[Cl-]. The number of nitrogens with zero attached hydrogens (tertiary/aromatic N) is 2. The van der Waals surface area contributed by atoms with Gasteiger partial charge in [0, 0.05) is 61.3 Å². The van der Waals surface area contributed by atoms with Crippen LogP contribution in [-0.4, -0.2) is 76.0 Å². The van der Waals surface area contributed by atoms with Gasteiger partial charge < -0.3 is 26.8 Å². The summed E-state index contributed by atoms with van der Waals surface area (Å²) in [5.41, 5.74) is 3.77. The second-order valence-electron chi connectivity index (χ2n) is 21.3. The highest BCUT2D eigenvalue weighted by Crippen LogP contribution is 2.51. The number of ether oxygens (including phenoxy) is 2. The number of esters is 2. The van der Waals surface area contributed by atoms with E-state index in [-0.39, 0.29) is 49.6 Å². The molecule has 0 fully saturated rings. The van der Waals surface area contributed by atoms with Crippen molar-refractivity contribution in [3.63, 3.8) is 0 Å². The molecule has 0 amide bonds. The van der Waals surface area contributed by atoms with Crippen LogP contribution in [0.2, 0.25) is 0 Å². The summed E-state index contributed by atoms with van der Waals surface area (Å²) in [7, 11) is -9.37. The molecule has 2 heterocycles. The molecule has 8 rings (SSSR count). The molecule has 12 nitrogen and oxygen atoms in total. The van der Waals surface area contributed by atoms with Crippen molar-refractivity contribution < 1.29 is 87.6 Å². The molecule has 2 unspecified atom stereocenters. The van der Waals surface area contributed by atoms with Gasteiger partial charge in [-0.3, -0.25) is 18.0 Å². The van der Waals surface area contributed by atoms with Crippen LogP contribution in [0.4, 0.5) is 37.7 Å². The molecular weight excluding hydrogens is 1160 g/mol. The second kappa shape index (κ2) is 26.0. The van der Waals surface area contributed by atoms with Crippen molar-refractivity contribution in [1.29, 1.82) is 0 Å². The molecule has 0 N–H and O–H groups in total. The van der Waals surface area contributed by atoms with Gasteiger partial charge in [0.1, 0.15) is 18.0 Å². The van der Waals surface area contributed by atoms with Crippen molar-refractivity contribution in [3.05, 3.63) is 192 Å². The Labute approximate surface area is 491 Å². The Kier molecular flexibility index (Phi) is 20.0. The van der Waals surface area contributed by atoms with Gasteiger partial charge in [0.25, 0.3) is 20.2 Å². The van der Waals surface area contributed by atoms with Gasteiger partial charge in [-0.25, -0.2) is 0 Å². The number of benzene rings is 6. The fourth-order valence-electron chi connectivity index (χ4n) is 10.9. The maximum atomic E-state index is 14.2. The summed E-state index contributed by atoms with van der Waals surface area (Å²) < 4.78 is 159. The highest BCUT2D eigenvalue weighted by Gasteiger charge is 2.48. The number of fused-ring (bicyclic) bond motifs is 6. The third-order valence-corrected chi connectivity index (χ3v) is 17.0. The molecule has 2 atom stereocenters. The number of anilines is 1. The Bertz CT molecular complexity index is 3800. The number of allylic oxidation sites excluding steroid dienone is 8. The molecule has 21 heteroatoms. The fraction of sp³-hybridized carbons (Fsp3) is 0.317. The molecule has 6 aromatic rings. The molecule has 2 aliphatic heterocycles. The number of unbranched alkanes of at least 4 members (excludes halogenated alkanes) is 2. The van der Waals surface area contributed by atoms with Crippen molar-refractivity contribution in [2.24, 2.45) is 0 Å². The van der Waals surface area contributed by atoms with Crippen molar-refractivity contribution >= 4 is 70.8 Å². The summed E-state index contributed by atoms with van der Waals surface area (Å²) in [6, 6.07) is 32.6. The minimum absolute atomic E-state index is 0. The van der Waals surface area contributed by atoms with Crippen LogP contribution in [0.15, 0.2) is 170 Å². The molecule has 0 aliphatic carbocycles. The van der Waals surface area contributed by atoms with E-state index in [1.54, 1.807) is 0 Å². The first-order chi connectivity index (χ1) is 39.1. The van der Waals surface area contributed by atoms with E-state index in [2.05, 4.69) is 37.2 Å². The zero-order valence-electron chi connectivity index (χ0n) is 46.8. The summed E-state index contributed by atoms with van der Waals surface area (Å²) >= 11 is 0. The number of halogens is 7. The molecule has 446 valence electrons. The first-order valence-corrected chi connectivity index (χ1v) is 29.9. The van der Waals surface area contributed by atoms with Crippen LogP contribution in [0.1, 0.15) is 102 Å². The van der Waals surface area contributed by atoms with Crippen LogP contribution in [0.3, 0.4) is 0 Å². The maximum absolute atomic E-state index is 14.2. The van der Waals surface area contributed by atoms with E-state index in [9.17, 15) is 52.8 Å². The minimum Gasteiger partial charge on any atom is -1.00 e. The Morgan fingerprint density at radius 2 is 1.04 bits per heavy atom. The molecule has 6 aromatic carbocycles. The van der Waals surface area contributed by atoms with E-state index in [1.165, 1.54) is 0 Å². The zero-order valence-corrected chi connectivity index (χ0v) is 49.2.